The summed E-state index contributed by atoms with van der Waals surface area (Å²) in [5, 5.41) is 0. The minimum atomic E-state index is -0.949. The van der Waals surface area contributed by atoms with Gasteiger partial charge in [0.05, 0.1) is 4.47 Å². The SMILES string of the molecule is Cc1nc(-c2ccc(F)c(F)c2Br)ncc1C(C)N. The summed E-state index contributed by atoms with van der Waals surface area (Å²) in [5.41, 5.74) is 7.72. The van der Waals surface area contributed by atoms with E-state index in [1.807, 2.05) is 6.92 Å². The van der Waals surface area contributed by atoms with Gasteiger partial charge in [0.2, 0.25) is 0 Å². The summed E-state index contributed by atoms with van der Waals surface area (Å²) in [6, 6.07) is 2.30. The summed E-state index contributed by atoms with van der Waals surface area (Å²) < 4.78 is 26.6. The zero-order valence-corrected chi connectivity index (χ0v) is 12.0. The van der Waals surface area contributed by atoms with Crippen molar-refractivity contribution in [3.63, 3.8) is 0 Å². The molecular formula is C13H12BrF2N3. The van der Waals surface area contributed by atoms with E-state index in [0.717, 1.165) is 17.3 Å². The molecular weight excluding hydrogens is 316 g/mol. The molecule has 19 heavy (non-hydrogen) atoms. The Kier molecular flexibility index (Phi) is 3.91. The van der Waals surface area contributed by atoms with E-state index < -0.39 is 11.6 Å². The summed E-state index contributed by atoms with van der Waals surface area (Å²) in [6.07, 6.45) is 1.61. The first-order valence-corrected chi connectivity index (χ1v) is 6.44. The molecule has 0 bridgehead atoms. The lowest BCUT2D eigenvalue weighted by molar-refractivity contribution is 0.504. The molecule has 0 aliphatic carbocycles. The van der Waals surface area contributed by atoms with E-state index in [2.05, 4.69) is 25.9 Å². The molecule has 3 nitrogen and oxygen atoms in total. The van der Waals surface area contributed by atoms with Crippen LogP contribution in [-0.4, -0.2) is 9.97 Å². The van der Waals surface area contributed by atoms with Crippen molar-refractivity contribution in [2.24, 2.45) is 5.73 Å². The monoisotopic (exact) mass is 327 g/mol. The first-order valence-electron chi connectivity index (χ1n) is 5.64. The molecule has 0 aliphatic heterocycles. The Bertz CT molecular complexity index is 630. The molecule has 1 aromatic carbocycles. The molecule has 1 atom stereocenters. The van der Waals surface area contributed by atoms with E-state index >= 15 is 0 Å². The number of nitrogens with two attached hydrogens (primary N) is 1. The van der Waals surface area contributed by atoms with Gasteiger partial charge in [0.1, 0.15) is 0 Å². The highest BCUT2D eigenvalue weighted by molar-refractivity contribution is 9.10. The van der Waals surface area contributed by atoms with E-state index in [1.54, 1.807) is 13.1 Å². The average molecular weight is 328 g/mol. The number of hydrogen-bond donors (Lipinski definition) is 1. The Morgan fingerprint density at radius 3 is 2.58 bits per heavy atom. The van der Waals surface area contributed by atoms with Crippen LogP contribution in [0.3, 0.4) is 0 Å². The lowest BCUT2D eigenvalue weighted by Crippen LogP contribution is -2.09. The van der Waals surface area contributed by atoms with Crippen molar-refractivity contribution in [2.75, 3.05) is 0 Å². The number of hydrogen-bond acceptors (Lipinski definition) is 3. The molecule has 0 radical (unpaired) electrons. The molecule has 2 rings (SSSR count). The van der Waals surface area contributed by atoms with Gasteiger partial charge in [-0.05, 0) is 41.9 Å². The van der Waals surface area contributed by atoms with Gasteiger partial charge in [-0.25, -0.2) is 18.7 Å². The van der Waals surface area contributed by atoms with E-state index in [1.165, 1.54) is 6.07 Å². The number of benzene rings is 1. The zero-order chi connectivity index (χ0) is 14.2. The molecule has 0 amide bonds. The maximum atomic E-state index is 13.5. The van der Waals surface area contributed by atoms with Crippen LogP contribution in [0.25, 0.3) is 11.4 Å². The lowest BCUT2D eigenvalue weighted by atomic mass is 10.1. The summed E-state index contributed by atoms with van der Waals surface area (Å²) in [7, 11) is 0. The number of rotatable bonds is 2. The van der Waals surface area contributed by atoms with Gasteiger partial charge in [0.25, 0.3) is 0 Å². The Hall–Kier alpha value is -1.40. The third kappa shape index (κ3) is 2.64. The van der Waals surface area contributed by atoms with Crippen LogP contribution >= 0.6 is 15.9 Å². The van der Waals surface area contributed by atoms with Crippen LogP contribution in [-0.2, 0) is 0 Å². The number of halogens is 3. The fraction of sp³-hybridized carbons (Fsp3) is 0.231. The van der Waals surface area contributed by atoms with E-state index in [9.17, 15) is 8.78 Å². The Labute approximate surface area is 118 Å². The second-order valence-corrected chi connectivity index (χ2v) is 5.04. The third-order valence-corrected chi connectivity index (χ3v) is 3.56. The minimum absolute atomic E-state index is 0.0143. The topological polar surface area (TPSA) is 51.8 Å². The Balaban J connectivity index is 2.55. The molecule has 1 heterocycles. The van der Waals surface area contributed by atoms with Crippen molar-refractivity contribution in [2.45, 2.75) is 19.9 Å². The second kappa shape index (κ2) is 5.30. The van der Waals surface area contributed by atoms with Gasteiger partial charge >= 0.3 is 0 Å². The molecule has 6 heteroatoms. The van der Waals surface area contributed by atoms with Crippen LogP contribution in [0.4, 0.5) is 8.78 Å². The summed E-state index contributed by atoms with van der Waals surface area (Å²) in [4.78, 5) is 8.44. The van der Waals surface area contributed by atoms with Crippen LogP contribution in [0.15, 0.2) is 22.8 Å². The van der Waals surface area contributed by atoms with Gasteiger partial charge in [0, 0.05) is 29.1 Å². The number of aryl methyl sites for hydroxylation is 1. The van der Waals surface area contributed by atoms with Gasteiger partial charge in [-0.2, -0.15) is 0 Å². The predicted molar refractivity (Wildman–Crippen MR) is 72.4 cm³/mol. The number of aromatic nitrogens is 2. The van der Waals surface area contributed by atoms with E-state index in [0.29, 0.717) is 11.4 Å². The Morgan fingerprint density at radius 1 is 1.32 bits per heavy atom. The van der Waals surface area contributed by atoms with Crippen molar-refractivity contribution in [1.82, 2.24) is 9.97 Å². The number of nitrogens with zero attached hydrogens (tertiary/aromatic N) is 2. The van der Waals surface area contributed by atoms with Crippen LogP contribution in [0, 0.1) is 18.6 Å². The largest absolute Gasteiger partial charge is 0.324 e. The highest BCUT2D eigenvalue weighted by atomic mass is 79.9. The molecule has 0 aliphatic rings. The quantitative estimate of drug-likeness (QED) is 0.859. The molecule has 0 saturated heterocycles. The molecule has 0 saturated carbocycles. The Morgan fingerprint density at radius 2 is 2.00 bits per heavy atom. The molecule has 1 unspecified atom stereocenters. The second-order valence-electron chi connectivity index (χ2n) is 4.25. The first kappa shape index (κ1) is 14.0. The van der Waals surface area contributed by atoms with Crippen molar-refractivity contribution >= 4 is 15.9 Å². The van der Waals surface area contributed by atoms with Crippen molar-refractivity contribution < 1.29 is 8.78 Å². The fourth-order valence-electron chi connectivity index (χ4n) is 1.75. The van der Waals surface area contributed by atoms with Crippen molar-refractivity contribution in [3.05, 3.63) is 45.7 Å². The summed E-state index contributed by atoms with van der Waals surface area (Å²) in [6.45, 7) is 3.64. The predicted octanol–water partition coefficient (Wildman–Crippen LogP) is 3.51. The fourth-order valence-corrected chi connectivity index (χ4v) is 2.25. The summed E-state index contributed by atoms with van der Waals surface area (Å²) in [5.74, 6) is -1.54. The standard InChI is InChI=1S/C13H12BrF2N3/c1-6(17)9-5-18-13(19-7(9)2)8-3-4-10(15)12(16)11(8)14/h3-6H,17H2,1-2H3. The van der Waals surface area contributed by atoms with Crippen LogP contribution in [0.1, 0.15) is 24.2 Å². The normalized spacial score (nSPS) is 12.5. The first-order chi connectivity index (χ1) is 8.91. The van der Waals surface area contributed by atoms with Crippen LogP contribution in [0.5, 0.6) is 0 Å². The van der Waals surface area contributed by atoms with Gasteiger partial charge in [-0.1, -0.05) is 0 Å². The van der Waals surface area contributed by atoms with Crippen molar-refractivity contribution in [3.8, 4) is 11.4 Å². The molecule has 0 spiro atoms. The highest BCUT2D eigenvalue weighted by Gasteiger charge is 2.15. The van der Waals surface area contributed by atoms with Gasteiger partial charge in [-0.3, -0.25) is 0 Å². The molecule has 100 valence electrons. The lowest BCUT2D eigenvalue weighted by Gasteiger charge is -2.11. The average Bonchev–Trinajstić information content (AvgIpc) is 2.35. The van der Waals surface area contributed by atoms with E-state index in [-0.39, 0.29) is 10.5 Å². The highest BCUT2D eigenvalue weighted by Crippen LogP contribution is 2.30. The van der Waals surface area contributed by atoms with Gasteiger partial charge in [0.15, 0.2) is 17.5 Å². The molecule has 1 aromatic heterocycles. The molecule has 2 aromatic rings. The zero-order valence-electron chi connectivity index (χ0n) is 10.4. The maximum Gasteiger partial charge on any atom is 0.173 e. The molecule has 0 fully saturated rings. The minimum Gasteiger partial charge on any atom is -0.324 e. The third-order valence-electron chi connectivity index (χ3n) is 2.78. The van der Waals surface area contributed by atoms with E-state index in [4.69, 9.17) is 5.73 Å². The van der Waals surface area contributed by atoms with Crippen molar-refractivity contribution in [1.29, 1.82) is 0 Å². The smallest absolute Gasteiger partial charge is 0.173 e. The van der Waals surface area contributed by atoms with Gasteiger partial charge in [-0.15, -0.1) is 0 Å². The van der Waals surface area contributed by atoms with Crippen LogP contribution in [0.2, 0.25) is 0 Å². The maximum absolute atomic E-state index is 13.5. The molecule has 2 N–H and O–H groups in total. The van der Waals surface area contributed by atoms with Crippen LogP contribution < -0.4 is 5.73 Å². The van der Waals surface area contributed by atoms with Gasteiger partial charge < -0.3 is 5.73 Å². The summed E-state index contributed by atoms with van der Waals surface area (Å²) >= 11 is 3.02.